The minimum Gasteiger partial charge on any atom is -0.468 e. The van der Waals surface area contributed by atoms with E-state index in [1.165, 1.54) is 32.1 Å². The molecule has 0 heterocycles. The number of ether oxygens (including phenoxy) is 3. The largest absolute Gasteiger partial charge is 0.468 e. The Bertz CT molecular complexity index is 509. The van der Waals surface area contributed by atoms with Gasteiger partial charge in [0.05, 0.1) is 0 Å². The molecule has 1 fully saturated rings. The van der Waals surface area contributed by atoms with Crippen LogP contribution < -0.4 is 10.1 Å². The Morgan fingerprint density at radius 3 is 2.46 bits per heavy atom. The van der Waals surface area contributed by atoms with Crippen molar-refractivity contribution in [2.45, 2.75) is 45.4 Å². The maximum absolute atomic E-state index is 12.3. The number of hydrogen-bond donors (Lipinski definition) is 1. The summed E-state index contributed by atoms with van der Waals surface area (Å²) in [5, 5.41) is 3.07. The van der Waals surface area contributed by atoms with E-state index >= 15 is 0 Å². The zero-order valence-corrected chi connectivity index (χ0v) is 16.2. The Balaban J connectivity index is 1.64. The molecule has 1 saturated carbocycles. The average Bonchev–Trinajstić information content (AvgIpc) is 2.69. The minimum absolute atomic E-state index is 0.0201. The first kappa shape index (κ1) is 20.7. The van der Waals surface area contributed by atoms with Crippen molar-refractivity contribution in [1.29, 1.82) is 0 Å². The van der Waals surface area contributed by atoms with Crippen molar-refractivity contribution in [2.24, 2.45) is 11.8 Å². The van der Waals surface area contributed by atoms with Crippen molar-refractivity contribution in [2.75, 3.05) is 33.7 Å². The second kappa shape index (κ2) is 11.9. The summed E-state index contributed by atoms with van der Waals surface area (Å²) in [6.07, 6.45) is 7.10. The van der Waals surface area contributed by atoms with Gasteiger partial charge in [0.15, 0.2) is 6.79 Å². The van der Waals surface area contributed by atoms with Crippen LogP contribution in [-0.2, 0) is 9.47 Å². The first-order chi connectivity index (χ1) is 12.7. The maximum Gasteiger partial charge on any atom is 0.251 e. The summed E-state index contributed by atoms with van der Waals surface area (Å²) in [5.41, 5.74) is 0.660. The second-order valence-corrected chi connectivity index (χ2v) is 7.10. The fraction of sp³-hybridized carbons (Fsp3) is 0.667. The molecule has 1 aromatic rings. The summed E-state index contributed by atoms with van der Waals surface area (Å²) in [5.74, 6) is 1.95. The smallest absolute Gasteiger partial charge is 0.251 e. The molecule has 2 rings (SSSR count). The molecule has 0 saturated heterocycles. The van der Waals surface area contributed by atoms with Gasteiger partial charge >= 0.3 is 0 Å². The molecule has 0 unspecified atom stereocenters. The van der Waals surface area contributed by atoms with E-state index in [1.54, 1.807) is 31.4 Å². The number of methoxy groups -OCH3 is 1. The van der Waals surface area contributed by atoms with Gasteiger partial charge in [0.1, 0.15) is 5.75 Å². The number of hydrogen-bond acceptors (Lipinski definition) is 4. The van der Waals surface area contributed by atoms with Crippen LogP contribution in [0.1, 0.15) is 55.8 Å². The van der Waals surface area contributed by atoms with Crippen molar-refractivity contribution < 1.29 is 19.0 Å². The van der Waals surface area contributed by atoms with Gasteiger partial charge in [-0.3, -0.25) is 4.79 Å². The van der Waals surface area contributed by atoms with Crippen LogP contribution >= 0.6 is 0 Å². The number of carbonyl (C=O) groups excluding carboxylic acids is 1. The number of benzene rings is 1. The molecule has 0 bridgehead atoms. The van der Waals surface area contributed by atoms with Crippen LogP contribution in [0.25, 0.3) is 0 Å². The molecule has 0 atom stereocenters. The van der Waals surface area contributed by atoms with E-state index in [9.17, 15) is 4.79 Å². The molecule has 5 nitrogen and oxygen atoms in total. The molecule has 146 valence electrons. The normalized spacial score (nSPS) is 19.9. The average molecular weight is 363 g/mol. The van der Waals surface area contributed by atoms with Gasteiger partial charge in [-0.25, -0.2) is 0 Å². The molecule has 1 N–H and O–H groups in total. The van der Waals surface area contributed by atoms with Gasteiger partial charge < -0.3 is 19.5 Å². The minimum atomic E-state index is -0.0201. The first-order valence-electron chi connectivity index (χ1n) is 9.80. The molecule has 0 spiro atoms. The highest BCUT2D eigenvalue weighted by Gasteiger charge is 2.21. The summed E-state index contributed by atoms with van der Waals surface area (Å²) >= 11 is 0. The van der Waals surface area contributed by atoms with Gasteiger partial charge in [0, 0.05) is 32.4 Å². The Kier molecular flexibility index (Phi) is 9.50. The highest BCUT2D eigenvalue weighted by atomic mass is 16.7. The van der Waals surface area contributed by atoms with E-state index in [2.05, 4.69) is 12.2 Å². The van der Waals surface area contributed by atoms with Crippen LogP contribution in [0.4, 0.5) is 0 Å². The van der Waals surface area contributed by atoms with E-state index in [1.807, 2.05) is 0 Å². The summed E-state index contributed by atoms with van der Waals surface area (Å²) in [6, 6.07) is 7.14. The maximum atomic E-state index is 12.3. The molecule has 1 aliphatic rings. The molecule has 1 aromatic carbocycles. The van der Waals surface area contributed by atoms with Crippen molar-refractivity contribution in [1.82, 2.24) is 5.32 Å². The van der Waals surface area contributed by atoms with Gasteiger partial charge in [-0.05, 0) is 68.2 Å². The van der Waals surface area contributed by atoms with Crippen molar-refractivity contribution >= 4 is 5.91 Å². The second-order valence-electron chi connectivity index (χ2n) is 7.10. The summed E-state index contributed by atoms with van der Waals surface area (Å²) in [4.78, 5) is 12.3. The van der Waals surface area contributed by atoms with Gasteiger partial charge in [0.2, 0.25) is 0 Å². The van der Waals surface area contributed by atoms with Crippen LogP contribution in [-0.4, -0.2) is 39.6 Å². The number of carbonyl (C=O) groups is 1. The van der Waals surface area contributed by atoms with E-state index in [4.69, 9.17) is 14.2 Å². The van der Waals surface area contributed by atoms with Crippen molar-refractivity contribution in [3.05, 3.63) is 29.8 Å². The first-order valence-corrected chi connectivity index (χ1v) is 9.80. The lowest BCUT2D eigenvalue weighted by molar-refractivity contribution is 0.0511. The molecule has 26 heavy (non-hydrogen) atoms. The fourth-order valence-electron chi connectivity index (χ4n) is 3.27. The van der Waals surface area contributed by atoms with Gasteiger partial charge in [-0.15, -0.1) is 0 Å². The van der Waals surface area contributed by atoms with E-state index in [-0.39, 0.29) is 12.7 Å². The van der Waals surface area contributed by atoms with Crippen molar-refractivity contribution in [3.63, 3.8) is 0 Å². The summed E-state index contributed by atoms with van der Waals surface area (Å²) in [7, 11) is 1.58. The number of unbranched alkanes of at least 4 members (excludes halogenated alkanes) is 1. The predicted molar refractivity (Wildman–Crippen MR) is 102 cm³/mol. The third-order valence-corrected chi connectivity index (χ3v) is 4.97. The third-order valence-electron chi connectivity index (χ3n) is 4.97. The van der Waals surface area contributed by atoms with Crippen LogP contribution in [0, 0.1) is 11.8 Å². The molecule has 0 radical (unpaired) electrons. The molecular formula is C21H33NO4. The number of amides is 1. The van der Waals surface area contributed by atoms with Gasteiger partial charge in [-0.1, -0.05) is 13.3 Å². The molecule has 1 aliphatic carbocycles. The fourth-order valence-corrected chi connectivity index (χ4v) is 3.27. The van der Waals surface area contributed by atoms with Crippen LogP contribution in [0.15, 0.2) is 24.3 Å². The number of nitrogens with one attached hydrogen (secondary N) is 1. The summed E-state index contributed by atoms with van der Waals surface area (Å²) < 4.78 is 15.9. The number of rotatable bonds is 11. The SMILES string of the molecule is CCCCOCC1CCC(CNC(=O)c2ccc(OCOC)cc2)CC1. The monoisotopic (exact) mass is 363 g/mol. The Labute approximate surface area is 157 Å². The van der Waals surface area contributed by atoms with Crippen LogP contribution in [0.5, 0.6) is 5.75 Å². The molecule has 0 aromatic heterocycles. The lowest BCUT2D eigenvalue weighted by Gasteiger charge is -2.28. The zero-order chi connectivity index (χ0) is 18.6. The van der Waals surface area contributed by atoms with E-state index < -0.39 is 0 Å². The lowest BCUT2D eigenvalue weighted by Crippen LogP contribution is -2.31. The molecule has 1 amide bonds. The van der Waals surface area contributed by atoms with Gasteiger partial charge in [0.25, 0.3) is 5.91 Å². The zero-order valence-electron chi connectivity index (χ0n) is 16.2. The molecular weight excluding hydrogens is 330 g/mol. The van der Waals surface area contributed by atoms with Gasteiger partial charge in [-0.2, -0.15) is 0 Å². The quantitative estimate of drug-likeness (QED) is 0.476. The van der Waals surface area contributed by atoms with Crippen LogP contribution in [0.2, 0.25) is 0 Å². The third kappa shape index (κ3) is 7.34. The standard InChI is InChI=1S/C21H33NO4/c1-3-4-13-25-15-18-7-5-17(6-8-18)14-22-21(23)19-9-11-20(12-10-19)26-16-24-2/h9-12,17-18H,3-8,13-16H2,1-2H3,(H,22,23). The Morgan fingerprint density at radius 2 is 1.81 bits per heavy atom. The highest BCUT2D eigenvalue weighted by Crippen LogP contribution is 2.28. The topological polar surface area (TPSA) is 56.8 Å². The van der Waals surface area contributed by atoms with Crippen molar-refractivity contribution in [3.8, 4) is 5.75 Å². The molecule has 5 heteroatoms. The molecule has 0 aliphatic heterocycles. The Morgan fingerprint density at radius 1 is 1.12 bits per heavy atom. The van der Waals surface area contributed by atoms with E-state index in [0.29, 0.717) is 23.1 Å². The van der Waals surface area contributed by atoms with Crippen LogP contribution in [0.3, 0.4) is 0 Å². The Hall–Kier alpha value is -1.59. The summed E-state index contributed by atoms with van der Waals surface area (Å²) in [6.45, 7) is 4.94. The predicted octanol–water partition coefficient (Wildman–Crippen LogP) is 4.02. The lowest BCUT2D eigenvalue weighted by atomic mass is 9.82. The highest BCUT2D eigenvalue weighted by molar-refractivity contribution is 5.94. The van der Waals surface area contributed by atoms with E-state index in [0.717, 1.165) is 26.2 Å².